The first kappa shape index (κ1) is 18.9. The summed E-state index contributed by atoms with van der Waals surface area (Å²) in [7, 11) is 5.27. The van der Waals surface area contributed by atoms with Crippen LogP contribution in [0.4, 0.5) is 4.79 Å². The molecule has 1 aliphatic heterocycles. The van der Waals surface area contributed by atoms with Crippen LogP contribution >= 0.6 is 0 Å². The van der Waals surface area contributed by atoms with Gasteiger partial charge in [0, 0.05) is 20.6 Å². The number of carbonyl (C=O) groups excluding carboxylic acids is 2. The van der Waals surface area contributed by atoms with Crippen LogP contribution in [0.2, 0.25) is 0 Å². The number of urea groups is 1. The van der Waals surface area contributed by atoms with Gasteiger partial charge in [0.1, 0.15) is 6.04 Å². The summed E-state index contributed by atoms with van der Waals surface area (Å²) in [6.07, 6.45) is 0. The second-order valence-electron chi connectivity index (χ2n) is 6.80. The van der Waals surface area contributed by atoms with Crippen LogP contribution in [0.3, 0.4) is 0 Å². The molecule has 3 rings (SSSR count). The molecule has 0 aliphatic carbocycles. The van der Waals surface area contributed by atoms with E-state index in [-0.39, 0.29) is 11.9 Å². The number of benzene rings is 1. The molecule has 144 valence electrons. The molecule has 1 aromatic carbocycles. The van der Waals surface area contributed by atoms with Gasteiger partial charge in [0.15, 0.2) is 0 Å². The standard InChI is InChI=1S/C19H26N6O2/c1-20-17(14-7-5-4-6-8-14)18(26)21-12-15-11-16-13-24(19(27)23(2)3)9-10-25(16)22-15/h4-8,11,17,20H,9-10,12-13H2,1-3H3,(H,21,26)/t17-/m1/s1. The normalized spacial score (nSPS) is 14.4. The largest absolute Gasteiger partial charge is 0.349 e. The molecule has 2 N–H and O–H groups in total. The Kier molecular flexibility index (Phi) is 5.75. The molecule has 0 unspecified atom stereocenters. The third-order valence-electron chi connectivity index (χ3n) is 4.63. The highest BCUT2D eigenvalue weighted by Crippen LogP contribution is 2.16. The van der Waals surface area contributed by atoms with Gasteiger partial charge in [-0.3, -0.25) is 9.48 Å². The third-order valence-corrected chi connectivity index (χ3v) is 4.63. The Morgan fingerprint density at radius 1 is 1.22 bits per heavy atom. The first-order valence-corrected chi connectivity index (χ1v) is 9.01. The second-order valence-corrected chi connectivity index (χ2v) is 6.80. The van der Waals surface area contributed by atoms with Crippen LogP contribution in [-0.2, 0) is 24.4 Å². The molecule has 27 heavy (non-hydrogen) atoms. The number of nitrogens with one attached hydrogen (secondary N) is 2. The van der Waals surface area contributed by atoms with Crippen molar-refractivity contribution in [2.45, 2.75) is 25.7 Å². The molecule has 0 spiro atoms. The highest BCUT2D eigenvalue weighted by molar-refractivity contribution is 5.83. The van der Waals surface area contributed by atoms with Gasteiger partial charge in [0.25, 0.3) is 0 Å². The van der Waals surface area contributed by atoms with Gasteiger partial charge in [0.05, 0.1) is 31.0 Å². The van der Waals surface area contributed by atoms with Gasteiger partial charge in [-0.05, 0) is 18.7 Å². The third kappa shape index (κ3) is 4.28. The van der Waals surface area contributed by atoms with Gasteiger partial charge in [-0.15, -0.1) is 0 Å². The molecular formula is C19H26N6O2. The van der Waals surface area contributed by atoms with Crippen molar-refractivity contribution in [3.63, 3.8) is 0 Å². The quantitative estimate of drug-likeness (QED) is 0.821. The minimum Gasteiger partial charge on any atom is -0.349 e. The van der Waals surface area contributed by atoms with Gasteiger partial charge in [-0.25, -0.2) is 4.79 Å². The van der Waals surface area contributed by atoms with Crippen molar-refractivity contribution < 1.29 is 9.59 Å². The Hall–Kier alpha value is -2.87. The monoisotopic (exact) mass is 370 g/mol. The van der Waals surface area contributed by atoms with E-state index in [0.29, 0.717) is 26.2 Å². The first-order chi connectivity index (χ1) is 13.0. The maximum absolute atomic E-state index is 12.5. The zero-order valence-electron chi connectivity index (χ0n) is 16.0. The molecule has 8 nitrogen and oxygen atoms in total. The van der Waals surface area contributed by atoms with E-state index >= 15 is 0 Å². The average molecular weight is 370 g/mol. The van der Waals surface area contributed by atoms with Crippen molar-refractivity contribution in [1.29, 1.82) is 0 Å². The number of nitrogens with zero attached hydrogens (tertiary/aromatic N) is 4. The topological polar surface area (TPSA) is 82.5 Å². The number of likely N-dealkylation sites (N-methyl/N-ethyl adjacent to an activating group) is 1. The highest BCUT2D eigenvalue weighted by atomic mass is 16.2. The summed E-state index contributed by atoms with van der Waals surface area (Å²) in [6, 6.07) is 11.1. The van der Waals surface area contributed by atoms with Crippen LogP contribution in [0, 0.1) is 0 Å². The van der Waals surface area contributed by atoms with Gasteiger partial charge >= 0.3 is 6.03 Å². The molecule has 0 radical (unpaired) electrons. The lowest BCUT2D eigenvalue weighted by molar-refractivity contribution is -0.123. The molecule has 8 heteroatoms. The number of hydrogen-bond donors (Lipinski definition) is 2. The van der Waals surface area contributed by atoms with Crippen LogP contribution in [0.5, 0.6) is 0 Å². The predicted octanol–water partition coefficient (Wildman–Crippen LogP) is 0.957. The summed E-state index contributed by atoms with van der Waals surface area (Å²) in [6.45, 7) is 2.17. The number of fused-ring (bicyclic) bond motifs is 1. The van der Waals surface area contributed by atoms with Crippen molar-refractivity contribution in [3.8, 4) is 0 Å². The lowest BCUT2D eigenvalue weighted by Gasteiger charge is -2.29. The average Bonchev–Trinajstić information content (AvgIpc) is 3.09. The SMILES string of the molecule is CN[C@@H](C(=O)NCc1cc2n(n1)CCN(C(=O)N(C)C)C2)c1ccccc1. The molecule has 2 heterocycles. The second kappa shape index (κ2) is 8.22. The van der Waals surface area contributed by atoms with Crippen molar-refractivity contribution in [3.05, 3.63) is 53.3 Å². The lowest BCUT2D eigenvalue weighted by atomic mass is 10.1. The fourth-order valence-electron chi connectivity index (χ4n) is 3.23. The fourth-order valence-corrected chi connectivity index (χ4v) is 3.23. The molecule has 0 fully saturated rings. The van der Waals surface area contributed by atoms with Gasteiger partial charge in [-0.2, -0.15) is 5.10 Å². The number of hydrogen-bond acceptors (Lipinski definition) is 4. The Morgan fingerprint density at radius 2 is 1.96 bits per heavy atom. The summed E-state index contributed by atoms with van der Waals surface area (Å²) in [5.41, 5.74) is 2.69. The van der Waals surface area contributed by atoms with Crippen molar-refractivity contribution in [2.24, 2.45) is 0 Å². The summed E-state index contributed by atoms with van der Waals surface area (Å²) in [5, 5.41) is 10.5. The maximum atomic E-state index is 12.5. The molecule has 2 aromatic rings. The summed E-state index contributed by atoms with van der Waals surface area (Å²) in [4.78, 5) is 28.0. The number of aromatic nitrogens is 2. The van der Waals surface area contributed by atoms with E-state index in [1.165, 1.54) is 0 Å². The van der Waals surface area contributed by atoms with Gasteiger partial charge in [0.2, 0.25) is 5.91 Å². The minimum atomic E-state index is -0.406. The van der Waals surface area contributed by atoms with Crippen LogP contribution in [0.1, 0.15) is 23.0 Å². The molecule has 1 aliphatic rings. The van der Waals surface area contributed by atoms with Crippen molar-refractivity contribution in [1.82, 2.24) is 30.2 Å². The van der Waals surface area contributed by atoms with E-state index in [1.54, 1.807) is 30.9 Å². The van der Waals surface area contributed by atoms with E-state index in [2.05, 4.69) is 15.7 Å². The Labute approximate surface area is 159 Å². The van der Waals surface area contributed by atoms with Crippen molar-refractivity contribution >= 4 is 11.9 Å². The number of amides is 3. The molecule has 1 atom stereocenters. The first-order valence-electron chi connectivity index (χ1n) is 9.01. The van der Waals surface area contributed by atoms with Crippen LogP contribution in [0.25, 0.3) is 0 Å². The Bertz CT molecular complexity index is 802. The highest BCUT2D eigenvalue weighted by Gasteiger charge is 2.24. The lowest BCUT2D eigenvalue weighted by Crippen LogP contribution is -2.43. The maximum Gasteiger partial charge on any atom is 0.319 e. The van der Waals surface area contributed by atoms with E-state index in [9.17, 15) is 9.59 Å². The van der Waals surface area contributed by atoms with Crippen LogP contribution in [0.15, 0.2) is 36.4 Å². The number of carbonyl (C=O) groups is 2. The molecule has 0 saturated carbocycles. The molecule has 1 aromatic heterocycles. The van der Waals surface area contributed by atoms with E-state index < -0.39 is 6.04 Å². The van der Waals surface area contributed by atoms with Crippen LogP contribution in [-0.4, -0.2) is 59.2 Å². The predicted molar refractivity (Wildman–Crippen MR) is 102 cm³/mol. The Balaban J connectivity index is 1.61. The van der Waals surface area contributed by atoms with E-state index in [4.69, 9.17) is 0 Å². The molecular weight excluding hydrogens is 344 g/mol. The molecule has 0 saturated heterocycles. The Morgan fingerprint density at radius 3 is 2.63 bits per heavy atom. The van der Waals surface area contributed by atoms with Crippen LogP contribution < -0.4 is 10.6 Å². The zero-order valence-corrected chi connectivity index (χ0v) is 16.0. The summed E-state index contributed by atoms with van der Waals surface area (Å²) in [5.74, 6) is -0.0981. The fraction of sp³-hybridized carbons (Fsp3) is 0.421. The van der Waals surface area contributed by atoms with E-state index in [1.807, 2.05) is 41.1 Å². The van der Waals surface area contributed by atoms with Gasteiger partial charge in [-0.1, -0.05) is 30.3 Å². The summed E-state index contributed by atoms with van der Waals surface area (Å²) >= 11 is 0. The summed E-state index contributed by atoms with van der Waals surface area (Å²) < 4.78 is 1.91. The van der Waals surface area contributed by atoms with E-state index in [0.717, 1.165) is 17.0 Å². The molecule has 3 amide bonds. The van der Waals surface area contributed by atoms with Crippen molar-refractivity contribution in [2.75, 3.05) is 27.7 Å². The minimum absolute atomic E-state index is 0.00275. The van der Waals surface area contributed by atoms with Gasteiger partial charge < -0.3 is 20.4 Å². The zero-order chi connectivity index (χ0) is 19.4. The number of rotatable bonds is 5. The molecule has 0 bridgehead atoms. The smallest absolute Gasteiger partial charge is 0.319 e.